The molecule has 2 aliphatic heterocycles. The normalized spacial score (nSPS) is 23.6. The van der Waals surface area contributed by atoms with Gasteiger partial charge in [-0.05, 0) is 56.9 Å². The predicted molar refractivity (Wildman–Crippen MR) is 145 cm³/mol. The van der Waals surface area contributed by atoms with Crippen LogP contribution < -0.4 is 15.9 Å². The molecule has 3 aliphatic rings. The lowest BCUT2D eigenvalue weighted by Crippen LogP contribution is -2.31. The van der Waals surface area contributed by atoms with E-state index in [1.807, 2.05) is 12.1 Å². The molecule has 4 heterocycles. The van der Waals surface area contributed by atoms with Crippen LogP contribution in [-0.2, 0) is 15.5 Å². The molecule has 1 aliphatic carbocycles. The number of fused-ring (bicyclic) bond motifs is 8. The molecule has 0 amide bonds. The molecule has 1 saturated carbocycles. The average molecular weight is 550 g/mol. The van der Waals surface area contributed by atoms with Gasteiger partial charge >= 0.3 is 6.18 Å². The third-order valence-corrected chi connectivity index (χ3v) is 9.21. The molecule has 3 aromatic rings. The number of nitrogens with zero attached hydrogens (tertiary/aromatic N) is 2. The van der Waals surface area contributed by atoms with Gasteiger partial charge in [0.2, 0.25) is 5.95 Å². The lowest BCUT2D eigenvalue weighted by atomic mass is 9.94. The van der Waals surface area contributed by atoms with Crippen molar-refractivity contribution in [2.45, 2.75) is 63.2 Å². The number of hydrogen-bond donors (Lipinski definition) is 3. The van der Waals surface area contributed by atoms with Gasteiger partial charge in [-0.3, -0.25) is 0 Å². The Hall–Kier alpha value is -2.42. The number of rotatable bonds is 1. The summed E-state index contributed by atoms with van der Waals surface area (Å²) in [4.78, 5) is 11.6. The molecular weight excluding hydrogens is 514 g/mol. The average Bonchev–Trinajstić information content (AvgIpc) is 3.47. The van der Waals surface area contributed by atoms with Crippen molar-refractivity contribution in [2.75, 3.05) is 38.4 Å². The van der Waals surface area contributed by atoms with Gasteiger partial charge in [0, 0.05) is 53.9 Å². The van der Waals surface area contributed by atoms with Gasteiger partial charge in [-0.1, -0.05) is 19.1 Å². The number of ether oxygens (including phenoxy) is 1. The third kappa shape index (κ3) is 5.63. The van der Waals surface area contributed by atoms with Crippen molar-refractivity contribution in [3.63, 3.8) is 0 Å². The smallest absolute Gasteiger partial charge is 0.380 e. The van der Waals surface area contributed by atoms with Crippen molar-refractivity contribution in [1.82, 2.24) is 20.3 Å². The summed E-state index contributed by atoms with van der Waals surface area (Å²) in [6, 6.07) is 4.11. The number of hydrogen-bond acceptors (Lipinski definition) is 6. The lowest BCUT2D eigenvalue weighted by Gasteiger charge is -2.21. The molecule has 0 saturated heterocycles. The highest BCUT2D eigenvalue weighted by Crippen LogP contribution is 2.44. The van der Waals surface area contributed by atoms with E-state index in [-0.39, 0.29) is 23.6 Å². The third-order valence-electron chi connectivity index (χ3n) is 7.65. The molecule has 7 nitrogen and oxygen atoms in total. The molecule has 1 aromatic carbocycles. The highest BCUT2D eigenvalue weighted by Gasteiger charge is 2.37. The monoisotopic (exact) mass is 549 g/mol. The zero-order valence-corrected chi connectivity index (χ0v) is 22.9. The molecule has 0 spiro atoms. The number of halogens is 3. The van der Waals surface area contributed by atoms with Crippen molar-refractivity contribution < 1.29 is 22.5 Å². The maximum Gasteiger partial charge on any atom is 0.419 e. The fourth-order valence-electron chi connectivity index (χ4n) is 5.80. The standard InChI is InChI=1S/C27H35F3N5O2P/c1-16-5-4-11-37-12-10-31-17-6-7-18(13-17)34-26-33-15-22(27(28,29)30)23(35-26)21-14-32-24-20(21)9-8-19(16)25(24)38(2,3)36/h8-9,14-18,31-32H,4-7,10-13H2,1-3H3,(H,33,34,35)/t16?,17-,18-/m0/s1. The molecular formula is C27H35F3N5O2P. The Morgan fingerprint density at radius 1 is 1.11 bits per heavy atom. The largest absolute Gasteiger partial charge is 0.419 e. The van der Waals surface area contributed by atoms with E-state index < -0.39 is 18.9 Å². The summed E-state index contributed by atoms with van der Waals surface area (Å²) in [6.45, 7) is 7.52. The highest BCUT2D eigenvalue weighted by atomic mass is 31.2. The maximum absolute atomic E-state index is 14.1. The molecule has 0 radical (unpaired) electrons. The lowest BCUT2D eigenvalue weighted by molar-refractivity contribution is -0.137. The first-order valence-electron chi connectivity index (χ1n) is 13.2. The Balaban J connectivity index is 1.65. The predicted octanol–water partition coefficient (Wildman–Crippen LogP) is 5.73. The summed E-state index contributed by atoms with van der Waals surface area (Å²) in [6.07, 6.45) is 2.16. The van der Waals surface area contributed by atoms with Crippen molar-refractivity contribution in [3.05, 3.63) is 35.7 Å². The fraction of sp³-hybridized carbons (Fsp3) is 0.556. The molecule has 2 aromatic heterocycles. The number of alkyl halides is 3. The van der Waals surface area contributed by atoms with Gasteiger partial charge in [0.05, 0.1) is 17.8 Å². The Labute approximate surface area is 220 Å². The van der Waals surface area contributed by atoms with E-state index in [4.69, 9.17) is 4.74 Å². The second-order valence-electron chi connectivity index (χ2n) is 10.9. The van der Waals surface area contributed by atoms with Crippen molar-refractivity contribution in [2.24, 2.45) is 0 Å². The van der Waals surface area contributed by atoms with E-state index in [1.54, 1.807) is 19.5 Å². The number of benzene rings is 1. The molecule has 206 valence electrons. The van der Waals surface area contributed by atoms with Crippen LogP contribution in [0.4, 0.5) is 19.1 Å². The Morgan fingerprint density at radius 3 is 2.66 bits per heavy atom. The minimum Gasteiger partial charge on any atom is -0.380 e. The number of aromatic nitrogens is 3. The number of aromatic amines is 1. The van der Waals surface area contributed by atoms with E-state index in [1.165, 1.54) is 0 Å². The second-order valence-corrected chi connectivity index (χ2v) is 14.0. The first kappa shape index (κ1) is 27.2. The zero-order chi connectivity index (χ0) is 27.1. The minimum atomic E-state index is -4.63. The zero-order valence-electron chi connectivity index (χ0n) is 22.0. The number of H-pyrrole nitrogens is 1. The van der Waals surface area contributed by atoms with E-state index in [2.05, 4.69) is 32.5 Å². The summed E-state index contributed by atoms with van der Waals surface area (Å²) >= 11 is 0. The Morgan fingerprint density at radius 2 is 1.89 bits per heavy atom. The van der Waals surface area contributed by atoms with Crippen LogP contribution in [0, 0.1) is 0 Å². The van der Waals surface area contributed by atoms with Gasteiger partial charge in [-0.2, -0.15) is 13.2 Å². The summed E-state index contributed by atoms with van der Waals surface area (Å²) in [5, 5.41) is 8.03. The Kier molecular flexibility index (Phi) is 7.59. The molecule has 8 bridgehead atoms. The van der Waals surface area contributed by atoms with Crippen molar-refractivity contribution in [3.8, 4) is 11.3 Å². The summed E-state index contributed by atoms with van der Waals surface area (Å²) in [5.41, 5.74) is 0.796. The SMILES string of the molecule is CC1CCCOCCN[C@H]2CC[C@@H](C2)Nc2ncc(C(F)(F)F)c(n2)-c2c[nH]c3c(P(C)(C)=O)c1ccc23. The first-order chi connectivity index (χ1) is 18.0. The summed E-state index contributed by atoms with van der Waals surface area (Å²) < 4.78 is 61.7. The highest BCUT2D eigenvalue weighted by molar-refractivity contribution is 7.70. The molecule has 3 atom stereocenters. The summed E-state index contributed by atoms with van der Waals surface area (Å²) in [5.74, 6) is 0.283. The molecule has 38 heavy (non-hydrogen) atoms. The van der Waals surface area contributed by atoms with E-state index >= 15 is 0 Å². The van der Waals surface area contributed by atoms with Crippen molar-refractivity contribution in [1.29, 1.82) is 0 Å². The van der Waals surface area contributed by atoms with Crippen molar-refractivity contribution >= 4 is 29.3 Å². The van der Waals surface area contributed by atoms with Gasteiger partial charge in [0.15, 0.2) is 0 Å². The van der Waals surface area contributed by atoms with E-state index in [0.29, 0.717) is 41.0 Å². The molecule has 3 N–H and O–H groups in total. The molecule has 1 fully saturated rings. The van der Waals surface area contributed by atoms with Crippen LogP contribution in [0.15, 0.2) is 24.5 Å². The number of nitrogens with one attached hydrogen (secondary N) is 3. The fourth-order valence-corrected chi connectivity index (χ4v) is 7.44. The topological polar surface area (TPSA) is 91.9 Å². The van der Waals surface area contributed by atoms with Crippen LogP contribution >= 0.6 is 7.14 Å². The van der Waals surface area contributed by atoms with E-state index in [9.17, 15) is 17.7 Å². The first-order valence-corrected chi connectivity index (χ1v) is 15.8. The van der Waals surface area contributed by atoms with Crippen LogP contribution in [0.2, 0.25) is 0 Å². The van der Waals surface area contributed by atoms with Gasteiger partial charge in [0.1, 0.15) is 12.7 Å². The quantitative estimate of drug-likeness (QED) is 0.336. The van der Waals surface area contributed by atoms with Gasteiger partial charge in [0.25, 0.3) is 0 Å². The minimum absolute atomic E-state index is 0.0632. The molecule has 1 unspecified atom stereocenters. The molecule has 6 rings (SSSR count). The van der Waals surface area contributed by atoms with Crippen LogP contribution in [0.25, 0.3) is 22.2 Å². The van der Waals surface area contributed by atoms with Crippen LogP contribution in [0.3, 0.4) is 0 Å². The van der Waals surface area contributed by atoms with Gasteiger partial charge < -0.3 is 24.9 Å². The summed E-state index contributed by atoms with van der Waals surface area (Å²) in [7, 11) is -2.79. The second kappa shape index (κ2) is 10.6. The number of anilines is 1. The Bertz CT molecular complexity index is 1350. The van der Waals surface area contributed by atoms with Crippen LogP contribution in [0.1, 0.15) is 56.1 Å². The van der Waals surface area contributed by atoms with Gasteiger partial charge in [-0.25, -0.2) is 9.97 Å². The van der Waals surface area contributed by atoms with E-state index in [0.717, 1.165) is 50.4 Å². The maximum atomic E-state index is 14.1. The molecule has 11 heteroatoms. The van der Waals surface area contributed by atoms with Crippen LogP contribution in [0.5, 0.6) is 0 Å². The van der Waals surface area contributed by atoms with Gasteiger partial charge in [-0.15, -0.1) is 0 Å². The van der Waals surface area contributed by atoms with Crippen LogP contribution in [-0.4, -0.2) is 60.1 Å².